The summed E-state index contributed by atoms with van der Waals surface area (Å²) in [6.07, 6.45) is 14.7. The van der Waals surface area contributed by atoms with E-state index in [1.54, 1.807) is 0 Å². The van der Waals surface area contributed by atoms with Gasteiger partial charge < -0.3 is 20.5 Å². The van der Waals surface area contributed by atoms with Gasteiger partial charge in [0.05, 0.1) is 5.41 Å². The number of nitrogens with one attached hydrogen (secondary N) is 2. The summed E-state index contributed by atoms with van der Waals surface area (Å²) in [5, 5.41) is 14.9. The molecule has 0 spiro atoms. The van der Waals surface area contributed by atoms with Gasteiger partial charge in [-0.25, -0.2) is 0 Å². The summed E-state index contributed by atoms with van der Waals surface area (Å²) in [4.78, 5) is 50.3. The number of amides is 2. The maximum absolute atomic E-state index is 14.3. The van der Waals surface area contributed by atoms with E-state index in [9.17, 15) is 19.2 Å². The topological polar surface area (TPSA) is 122 Å². The van der Waals surface area contributed by atoms with Gasteiger partial charge in [0.1, 0.15) is 12.1 Å². The molecular weight excluding hydrogens is 616 g/mol. The van der Waals surface area contributed by atoms with Crippen molar-refractivity contribution in [1.29, 1.82) is 0 Å². The number of hydrogen-bond acceptors (Lipinski definition) is 5. The van der Waals surface area contributed by atoms with Crippen LogP contribution < -0.4 is 10.6 Å². The van der Waals surface area contributed by atoms with E-state index in [1.165, 1.54) is 12.5 Å². The Hall–Kier alpha value is -2.38. The number of ether oxygens (including phenoxy) is 1. The molecule has 0 aromatic heterocycles. The average Bonchev–Trinajstić information content (AvgIpc) is 3.00. The molecule has 2 amide bonds. The molecule has 3 unspecified atom stereocenters. The van der Waals surface area contributed by atoms with Crippen molar-refractivity contribution < 1.29 is 29.0 Å². The summed E-state index contributed by atoms with van der Waals surface area (Å²) < 4.78 is 6.16. The van der Waals surface area contributed by atoms with E-state index in [1.807, 2.05) is 6.92 Å². The Labute approximate surface area is 295 Å². The third kappa shape index (κ3) is 6.38. The molecule has 49 heavy (non-hydrogen) atoms. The molecule has 8 heteroatoms. The number of carboxylic acids is 1. The zero-order chi connectivity index (χ0) is 36.2. The predicted molar refractivity (Wildman–Crippen MR) is 191 cm³/mol. The highest BCUT2D eigenvalue weighted by Crippen LogP contribution is 2.75. The number of carboxylic acid groups (broad SMARTS) is 1. The smallest absolute Gasteiger partial charge is 0.325 e. The van der Waals surface area contributed by atoms with Crippen LogP contribution in [0.15, 0.2) is 11.6 Å². The van der Waals surface area contributed by atoms with Crippen LogP contribution in [0.1, 0.15) is 152 Å². The fraction of sp³-hybridized carbons (Fsp3) is 0.854. The van der Waals surface area contributed by atoms with Crippen LogP contribution in [0.25, 0.3) is 0 Å². The summed E-state index contributed by atoms with van der Waals surface area (Å²) in [6, 6.07) is -0.927. The Morgan fingerprint density at radius 1 is 0.918 bits per heavy atom. The molecule has 276 valence electrons. The van der Waals surface area contributed by atoms with E-state index in [0.717, 1.165) is 70.6 Å². The maximum atomic E-state index is 14.3. The van der Waals surface area contributed by atoms with Gasteiger partial charge in [-0.3, -0.25) is 19.2 Å². The highest BCUT2D eigenvalue weighted by atomic mass is 16.5. The van der Waals surface area contributed by atoms with Gasteiger partial charge in [-0.1, -0.05) is 67.0 Å². The van der Waals surface area contributed by atoms with Crippen LogP contribution in [-0.2, 0) is 23.9 Å². The molecule has 3 N–H and O–H groups in total. The van der Waals surface area contributed by atoms with Crippen LogP contribution >= 0.6 is 0 Å². The van der Waals surface area contributed by atoms with Gasteiger partial charge in [0.15, 0.2) is 0 Å². The minimum Gasteiger partial charge on any atom is -0.480 e. The lowest BCUT2D eigenvalue weighted by molar-refractivity contribution is -0.213. The lowest BCUT2D eigenvalue weighted by atomic mass is 9.33. The van der Waals surface area contributed by atoms with E-state index >= 15 is 0 Å². The third-order valence-electron chi connectivity index (χ3n) is 15.4. The summed E-state index contributed by atoms with van der Waals surface area (Å²) in [7, 11) is 0. The molecule has 5 aliphatic rings. The van der Waals surface area contributed by atoms with Crippen molar-refractivity contribution in [2.75, 3.05) is 6.54 Å². The van der Waals surface area contributed by atoms with Gasteiger partial charge in [-0.15, -0.1) is 0 Å². The number of rotatable bonds is 10. The van der Waals surface area contributed by atoms with Crippen molar-refractivity contribution in [3.05, 3.63) is 11.6 Å². The second-order valence-corrected chi connectivity index (χ2v) is 18.9. The molecule has 8 nitrogen and oxygen atoms in total. The fourth-order valence-electron chi connectivity index (χ4n) is 12.3. The monoisotopic (exact) mass is 682 g/mol. The second kappa shape index (κ2) is 13.3. The van der Waals surface area contributed by atoms with Crippen LogP contribution in [-0.4, -0.2) is 47.6 Å². The van der Waals surface area contributed by atoms with E-state index in [4.69, 9.17) is 9.84 Å². The highest BCUT2D eigenvalue weighted by Gasteiger charge is 2.69. The molecule has 0 aromatic carbocycles. The molecule has 0 radical (unpaired) electrons. The number of aliphatic carboxylic acids is 1. The second-order valence-electron chi connectivity index (χ2n) is 18.9. The molecule has 5 rings (SSSR count). The zero-order valence-electron chi connectivity index (χ0n) is 32.1. The van der Waals surface area contributed by atoms with E-state index < -0.39 is 17.4 Å². The van der Waals surface area contributed by atoms with Gasteiger partial charge >= 0.3 is 11.9 Å². The zero-order valence-corrected chi connectivity index (χ0v) is 32.1. The number of allylic oxidation sites excluding steroid dienone is 2. The Kier molecular flexibility index (Phi) is 10.3. The minimum absolute atomic E-state index is 0.0132. The average molecular weight is 683 g/mol. The Morgan fingerprint density at radius 3 is 2.29 bits per heavy atom. The van der Waals surface area contributed by atoms with Crippen molar-refractivity contribution in [3.8, 4) is 0 Å². The number of carbonyl (C=O) groups excluding carboxylic acids is 3. The lowest BCUT2D eigenvalue weighted by Gasteiger charge is -2.71. The lowest BCUT2D eigenvalue weighted by Crippen LogP contribution is -2.65. The van der Waals surface area contributed by atoms with E-state index in [-0.39, 0.29) is 63.3 Å². The molecular formula is C41H66N2O6. The molecule has 0 saturated heterocycles. The van der Waals surface area contributed by atoms with Crippen molar-refractivity contribution in [2.24, 2.45) is 50.2 Å². The van der Waals surface area contributed by atoms with Gasteiger partial charge in [-0.05, 0) is 123 Å². The molecule has 0 bridgehead atoms. The van der Waals surface area contributed by atoms with Crippen LogP contribution in [0.5, 0.6) is 0 Å². The molecule has 0 heterocycles. The van der Waals surface area contributed by atoms with Crippen molar-refractivity contribution in [1.82, 2.24) is 10.6 Å². The first kappa shape index (κ1) is 37.9. The Balaban J connectivity index is 1.37. The molecule has 9 atom stereocenters. The fourth-order valence-corrected chi connectivity index (χ4v) is 12.3. The SMILES string of the molecule is CCCC(=O)O[C@H]1CC[C@@]2(C)C(CC[C@]3(C)C2CC=C2C4CC(C)(C)CC[C@]4(C(=O)NCCCC(=O)N[C@@H](C)C(=O)O)CC[C@]23C)C1(C)C. The van der Waals surface area contributed by atoms with Gasteiger partial charge in [0.2, 0.25) is 11.8 Å². The number of fused-ring (bicyclic) bond motifs is 7. The van der Waals surface area contributed by atoms with Crippen LogP contribution in [0.4, 0.5) is 0 Å². The molecule has 4 saturated carbocycles. The molecule has 4 fully saturated rings. The van der Waals surface area contributed by atoms with Crippen molar-refractivity contribution >= 4 is 23.8 Å². The predicted octanol–water partition coefficient (Wildman–Crippen LogP) is 7.99. The normalized spacial score (nSPS) is 39.4. The summed E-state index contributed by atoms with van der Waals surface area (Å²) in [6.45, 7) is 21.0. The Bertz CT molecular complexity index is 1350. The van der Waals surface area contributed by atoms with Crippen LogP contribution in [0.3, 0.4) is 0 Å². The summed E-state index contributed by atoms with van der Waals surface area (Å²) in [5.74, 6) is -0.0612. The maximum Gasteiger partial charge on any atom is 0.325 e. The number of hydrogen-bond donors (Lipinski definition) is 3. The minimum atomic E-state index is -1.06. The van der Waals surface area contributed by atoms with Crippen LogP contribution in [0, 0.1) is 50.2 Å². The number of esters is 1. The summed E-state index contributed by atoms with van der Waals surface area (Å²) in [5.41, 5.74) is 1.46. The molecule has 0 aromatic rings. The summed E-state index contributed by atoms with van der Waals surface area (Å²) >= 11 is 0. The van der Waals surface area contributed by atoms with Crippen molar-refractivity contribution in [2.45, 2.75) is 164 Å². The molecule has 5 aliphatic carbocycles. The van der Waals surface area contributed by atoms with E-state index in [0.29, 0.717) is 31.2 Å². The van der Waals surface area contributed by atoms with Crippen LogP contribution in [0.2, 0.25) is 0 Å². The quantitative estimate of drug-likeness (QED) is 0.122. The van der Waals surface area contributed by atoms with E-state index in [2.05, 4.69) is 65.2 Å². The standard InChI is InChI=1S/C41H66N2O6/c1-10-12-33(45)49-31-17-18-38(7)29(37(31,5)6)16-19-40(9)30(38)15-14-27-28-25-36(3,4)20-22-41(28,23-21-39(27,40)8)35(48)42-24-11-13-32(44)43-26(2)34(46)47/h14,26,28-31H,10-13,15-25H2,1-9H3,(H,42,48)(H,43,44)(H,46,47)/t26-,28?,29?,30?,31-,38-,39+,40+,41-/m0/s1. The first-order valence-electron chi connectivity index (χ1n) is 19.5. The molecule has 0 aliphatic heterocycles. The largest absolute Gasteiger partial charge is 0.480 e. The highest BCUT2D eigenvalue weighted by molar-refractivity contribution is 5.85. The number of carbonyl (C=O) groups is 4. The van der Waals surface area contributed by atoms with Gasteiger partial charge in [0.25, 0.3) is 0 Å². The first-order valence-corrected chi connectivity index (χ1v) is 19.5. The van der Waals surface area contributed by atoms with Gasteiger partial charge in [0, 0.05) is 24.8 Å². The first-order chi connectivity index (χ1) is 22.8. The third-order valence-corrected chi connectivity index (χ3v) is 15.4. The Morgan fingerprint density at radius 2 is 1.61 bits per heavy atom. The van der Waals surface area contributed by atoms with Crippen molar-refractivity contribution in [3.63, 3.8) is 0 Å². The van der Waals surface area contributed by atoms with Gasteiger partial charge in [-0.2, -0.15) is 0 Å².